The van der Waals surface area contributed by atoms with Gasteiger partial charge in [0.2, 0.25) is 0 Å². The van der Waals surface area contributed by atoms with Crippen LogP contribution in [-0.2, 0) is 0 Å². The van der Waals surface area contributed by atoms with Crippen LogP contribution in [0, 0.1) is 0 Å². The van der Waals surface area contributed by atoms with E-state index in [-0.39, 0.29) is 0 Å². The summed E-state index contributed by atoms with van der Waals surface area (Å²) in [6.45, 7) is 0. The van der Waals surface area contributed by atoms with Crippen molar-refractivity contribution < 1.29 is 8.83 Å². The van der Waals surface area contributed by atoms with E-state index in [0.29, 0.717) is 0 Å². The lowest BCUT2D eigenvalue weighted by Gasteiger charge is -2.29. The Kier molecular flexibility index (Phi) is 8.18. The third-order valence-electron chi connectivity index (χ3n) is 12.8. The highest BCUT2D eigenvalue weighted by Crippen LogP contribution is 2.48. The summed E-state index contributed by atoms with van der Waals surface area (Å²) < 4.78 is 15.7. The smallest absolute Gasteiger partial charge is 0.143 e. The van der Waals surface area contributed by atoms with E-state index in [1.807, 2.05) is 18.2 Å². The summed E-state index contributed by atoms with van der Waals surface area (Å²) in [6.07, 6.45) is 0. The Bertz CT molecular complexity index is 3860. The summed E-state index contributed by atoms with van der Waals surface area (Å²) in [5.74, 6) is 0. The normalized spacial score (nSPS) is 11.8. The van der Waals surface area contributed by atoms with Crippen LogP contribution in [0.3, 0.4) is 0 Å². The number of hydrogen-bond donors (Lipinski definition) is 0. The molecule has 13 aromatic rings. The summed E-state index contributed by atoms with van der Waals surface area (Å²) in [5.41, 5.74) is 16.6. The average Bonchev–Trinajstić information content (AvgIpc) is 4.05. The molecule has 0 saturated carbocycles. The molecule has 0 N–H and O–H groups in total. The molecule has 3 aromatic heterocycles. The number of hydrogen-bond acceptors (Lipinski definition) is 3. The van der Waals surface area contributed by atoms with Crippen LogP contribution in [0.25, 0.3) is 105 Å². The van der Waals surface area contributed by atoms with Gasteiger partial charge in [0, 0.05) is 60.5 Å². The van der Waals surface area contributed by atoms with E-state index < -0.39 is 0 Å². The van der Waals surface area contributed by atoms with Gasteiger partial charge in [-0.05, 0) is 95.1 Å². The number of aromatic nitrogens is 1. The minimum absolute atomic E-state index is 0.853. The highest BCUT2D eigenvalue weighted by atomic mass is 16.3. The van der Waals surface area contributed by atoms with E-state index in [0.717, 1.165) is 94.4 Å². The van der Waals surface area contributed by atoms with Crippen LogP contribution in [-0.4, -0.2) is 4.57 Å². The predicted molar refractivity (Wildman–Crippen MR) is 266 cm³/mol. The zero-order valence-corrected chi connectivity index (χ0v) is 34.7. The molecule has 0 saturated heterocycles. The van der Waals surface area contributed by atoms with Crippen molar-refractivity contribution in [3.05, 3.63) is 231 Å². The lowest BCUT2D eigenvalue weighted by molar-refractivity contribution is 0.669. The predicted octanol–water partition coefficient (Wildman–Crippen LogP) is 17.1. The first kappa shape index (κ1) is 36.1. The van der Waals surface area contributed by atoms with Gasteiger partial charge < -0.3 is 18.3 Å². The quantitative estimate of drug-likeness (QED) is 0.161. The number of fused-ring (bicyclic) bond motifs is 9. The van der Waals surface area contributed by atoms with Gasteiger partial charge in [0.05, 0.1) is 16.7 Å². The molecule has 300 valence electrons. The molecular weight excluding hydrogens is 781 g/mol. The summed E-state index contributed by atoms with van der Waals surface area (Å²) in [6, 6.07) is 82.2. The lowest BCUT2D eigenvalue weighted by atomic mass is 9.96. The molecule has 0 bridgehead atoms. The number of nitrogens with zero attached hydrogens (tertiary/aromatic N) is 2. The van der Waals surface area contributed by atoms with Gasteiger partial charge in [0.15, 0.2) is 0 Å². The number of benzene rings is 10. The molecular formula is C60H38N2O2. The van der Waals surface area contributed by atoms with Crippen LogP contribution in [0.15, 0.2) is 239 Å². The van der Waals surface area contributed by atoms with E-state index in [1.165, 1.54) is 27.4 Å². The molecule has 0 aliphatic heterocycles. The van der Waals surface area contributed by atoms with Gasteiger partial charge in [-0.2, -0.15) is 0 Å². The van der Waals surface area contributed by atoms with Crippen LogP contribution in [0.4, 0.5) is 17.1 Å². The molecule has 0 aliphatic carbocycles. The first-order chi connectivity index (χ1) is 31.7. The minimum atomic E-state index is 0.853. The van der Waals surface area contributed by atoms with Gasteiger partial charge in [-0.15, -0.1) is 0 Å². The fourth-order valence-electron chi connectivity index (χ4n) is 9.92. The molecule has 0 fully saturated rings. The molecule has 3 heterocycles. The topological polar surface area (TPSA) is 34.5 Å². The zero-order valence-electron chi connectivity index (χ0n) is 34.7. The molecule has 0 amide bonds. The third-order valence-corrected chi connectivity index (χ3v) is 12.8. The van der Waals surface area contributed by atoms with Crippen molar-refractivity contribution in [1.29, 1.82) is 0 Å². The van der Waals surface area contributed by atoms with Crippen molar-refractivity contribution in [3.63, 3.8) is 0 Å². The van der Waals surface area contributed by atoms with E-state index in [1.54, 1.807) is 0 Å². The maximum atomic E-state index is 6.86. The second-order valence-electron chi connectivity index (χ2n) is 16.4. The fraction of sp³-hybridized carbons (Fsp3) is 0. The van der Waals surface area contributed by atoms with Gasteiger partial charge >= 0.3 is 0 Å². The monoisotopic (exact) mass is 818 g/mol. The van der Waals surface area contributed by atoms with E-state index >= 15 is 0 Å². The molecule has 13 rings (SSSR count). The number of anilines is 3. The Morgan fingerprint density at radius 1 is 0.328 bits per heavy atom. The fourth-order valence-corrected chi connectivity index (χ4v) is 9.92. The summed E-state index contributed by atoms with van der Waals surface area (Å²) >= 11 is 0. The molecule has 0 unspecified atom stereocenters. The molecule has 0 aliphatic rings. The van der Waals surface area contributed by atoms with Gasteiger partial charge in [-0.25, -0.2) is 0 Å². The Balaban J connectivity index is 1.07. The van der Waals surface area contributed by atoms with E-state index in [9.17, 15) is 0 Å². The molecule has 10 aromatic carbocycles. The van der Waals surface area contributed by atoms with Gasteiger partial charge in [0.1, 0.15) is 22.3 Å². The molecule has 4 heteroatoms. The van der Waals surface area contributed by atoms with Crippen LogP contribution < -0.4 is 4.90 Å². The molecule has 0 radical (unpaired) electrons. The van der Waals surface area contributed by atoms with Crippen molar-refractivity contribution in [2.24, 2.45) is 0 Å². The average molecular weight is 819 g/mol. The number of para-hydroxylation sites is 5. The van der Waals surface area contributed by atoms with Crippen molar-refractivity contribution >= 4 is 82.7 Å². The van der Waals surface area contributed by atoms with Crippen molar-refractivity contribution in [1.82, 2.24) is 4.57 Å². The van der Waals surface area contributed by atoms with Crippen molar-refractivity contribution in [2.75, 3.05) is 4.90 Å². The van der Waals surface area contributed by atoms with Crippen LogP contribution in [0.1, 0.15) is 0 Å². The second-order valence-corrected chi connectivity index (χ2v) is 16.4. The molecule has 0 atom stereocenters. The Labute approximate surface area is 369 Å². The third kappa shape index (κ3) is 5.70. The van der Waals surface area contributed by atoms with Crippen LogP contribution in [0.2, 0.25) is 0 Å². The van der Waals surface area contributed by atoms with Crippen LogP contribution in [0.5, 0.6) is 0 Å². The van der Waals surface area contributed by atoms with Gasteiger partial charge in [-0.3, -0.25) is 0 Å². The largest absolute Gasteiger partial charge is 0.456 e. The first-order valence-corrected chi connectivity index (χ1v) is 21.7. The molecule has 0 spiro atoms. The Hall–Kier alpha value is -8.60. The Morgan fingerprint density at radius 2 is 0.906 bits per heavy atom. The lowest BCUT2D eigenvalue weighted by Crippen LogP contribution is -2.11. The van der Waals surface area contributed by atoms with Gasteiger partial charge in [-0.1, -0.05) is 158 Å². The standard InChI is InChI=1S/C60H38N2O2/c1-2-16-39(17-3-1)40-32-34-42(35-33-40)61(53-26-9-6-22-47(53)49-25-15-31-58-59(49)50-24-8-13-30-57(50)63-58)44-37-51(60-52(38-44)48-23-7-12-29-56(48)64-60)41-18-14-19-43(36-41)62-54-27-10-4-20-45(54)46-21-5-11-28-55(46)62/h1-38H. The molecule has 64 heavy (non-hydrogen) atoms. The number of rotatable bonds is 7. The first-order valence-electron chi connectivity index (χ1n) is 21.7. The Morgan fingerprint density at radius 3 is 1.69 bits per heavy atom. The van der Waals surface area contributed by atoms with E-state index in [4.69, 9.17) is 8.83 Å². The summed E-state index contributed by atoms with van der Waals surface area (Å²) in [5, 5.41) is 6.79. The highest BCUT2D eigenvalue weighted by molar-refractivity contribution is 6.15. The van der Waals surface area contributed by atoms with E-state index in [2.05, 4.69) is 222 Å². The maximum absolute atomic E-state index is 6.86. The van der Waals surface area contributed by atoms with Crippen molar-refractivity contribution in [3.8, 4) is 39.1 Å². The van der Waals surface area contributed by atoms with Gasteiger partial charge in [0.25, 0.3) is 0 Å². The number of furan rings is 2. The summed E-state index contributed by atoms with van der Waals surface area (Å²) in [4.78, 5) is 2.41. The SMILES string of the molecule is c1ccc(-c2ccc(N(c3cc(-c4cccc(-n5c6ccccc6c6ccccc65)c4)c4oc5ccccc5c4c3)c3ccccc3-c3cccc4oc5ccccc5c34)cc2)cc1. The second kappa shape index (κ2) is 14.5. The zero-order chi connectivity index (χ0) is 42.1. The molecule has 4 nitrogen and oxygen atoms in total. The summed E-state index contributed by atoms with van der Waals surface area (Å²) in [7, 11) is 0. The highest BCUT2D eigenvalue weighted by Gasteiger charge is 2.24. The minimum Gasteiger partial charge on any atom is -0.456 e. The maximum Gasteiger partial charge on any atom is 0.143 e. The van der Waals surface area contributed by atoms with Crippen LogP contribution >= 0.6 is 0 Å². The van der Waals surface area contributed by atoms with Crippen molar-refractivity contribution in [2.45, 2.75) is 0 Å².